The minimum Gasteiger partial charge on any atom is -0.352 e. The molecule has 0 bridgehead atoms. The van der Waals surface area contributed by atoms with Gasteiger partial charge < -0.3 is 21.7 Å². The van der Waals surface area contributed by atoms with E-state index in [0.29, 0.717) is 36.6 Å². The molecule has 0 saturated heterocycles. The second-order valence-electron chi connectivity index (χ2n) is 8.41. The Bertz CT molecular complexity index is 975. The van der Waals surface area contributed by atoms with Crippen molar-refractivity contribution in [1.29, 1.82) is 0 Å². The molecule has 6 N–H and O–H groups in total. The average molecular weight is 499 g/mol. The standard InChI is InChI=1S/C25H34N6O5/c1-18(31(36)17-32)20(12-7-11-19-9-3-2-4-10-19)23(33)29-21(13-8-16-28-25(26)35)24(34)30-22-14-5-6-15-27-22/h2-6,9-10,14-15,17-18,20-21,36H,7-8,11-13,16H2,1H3,(H,29,33)(H3,26,28,35)(H,27,30,34)/t18-,20-,21-/m0/s1. The quantitative estimate of drug-likeness (QED) is 0.109. The number of pyridine rings is 1. The Morgan fingerprint density at radius 1 is 1.06 bits per heavy atom. The van der Waals surface area contributed by atoms with Crippen molar-refractivity contribution in [3.63, 3.8) is 0 Å². The van der Waals surface area contributed by atoms with Crippen molar-refractivity contribution in [2.24, 2.45) is 11.7 Å². The molecule has 5 amide bonds. The van der Waals surface area contributed by atoms with Crippen LogP contribution in [0.1, 0.15) is 38.2 Å². The lowest BCUT2D eigenvalue weighted by Crippen LogP contribution is -2.50. The SMILES string of the molecule is C[C@@H]([C@H](CCCc1ccccc1)C(=O)N[C@@H](CCCNC(N)=O)C(=O)Nc1ccccn1)N(O)C=O. The third kappa shape index (κ3) is 9.71. The Kier molecular flexibility index (Phi) is 11.8. The van der Waals surface area contributed by atoms with Crippen LogP contribution in [0.2, 0.25) is 0 Å². The Morgan fingerprint density at radius 2 is 1.78 bits per heavy atom. The van der Waals surface area contributed by atoms with Gasteiger partial charge in [0.05, 0.1) is 12.0 Å². The maximum Gasteiger partial charge on any atom is 0.312 e. The first-order valence-corrected chi connectivity index (χ1v) is 11.8. The largest absolute Gasteiger partial charge is 0.352 e. The van der Waals surface area contributed by atoms with E-state index in [9.17, 15) is 24.4 Å². The van der Waals surface area contributed by atoms with Gasteiger partial charge in [0, 0.05) is 12.7 Å². The molecule has 36 heavy (non-hydrogen) atoms. The Morgan fingerprint density at radius 3 is 2.42 bits per heavy atom. The number of aromatic nitrogens is 1. The van der Waals surface area contributed by atoms with Crippen LogP contribution in [0, 0.1) is 5.92 Å². The Hall–Kier alpha value is -3.99. The fourth-order valence-electron chi connectivity index (χ4n) is 3.76. The molecule has 0 aliphatic carbocycles. The van der Waals surface area contributed by atoms with Gasteiger partial charge in [-0.3, -0.25) is 19.6 Å². The minimum absolute atomic E-state index is 0.215. The fraction of sp³-hybridized carbons (Fsp3) is 0.400. The number of carbonyl (C=O) groups is 4. The van der Waals surface area contributed by atoms with Crippen LogP contribution in [0.15, 0.2) is 54.7 Å². The number of carbonyl (C=O) groups excluding carboxylic acids is 4. The zero-order chi connectivity index (χ0) is 26.3. The van der Waals surface area contributed by atoms with E-state index in [1.165, 1.54) is 6.20 Å². The molecule has 0 radical (unpaired) electrons. The molecular weight excluding hydrogens is 464 g/mol. The number of urea groups is 1. The maximum atomic E-state index is 13.3. The number of nitrogens with one attached hydrogen (secondary N) is 3. The van der Waals surface area contributed by atoms with Crippen molar-refractivity contribution >= 4 is 30.1 Å². The molecule has 2 rings (SSSR count). The summed E-state index contributed by atoms with van der Waals surface area (Å²) in [6.45, 7) is 1.80. The molecule has 0 spiro atoms. The van der Waals surface area contributed by atoms with Gasteiger partial charge in [-0.15, -0.1) is 0 Å². The second kappa shape index (κ2) is 15.1. The third-order valence-corrected chi connectivity index (χ3v) is 5.79. The molecule has 11 nitrogen and oxygen atoms in total. The van der Waals surface area contributed by atoms with Gasteiger partial charge in [-0.05, 0) is 56.7 Å². The van der Waals surface area contributed by atoms with E-state index in [1.54, 1.807) is 25.1 Å². The van der Waals surface area contributed by atoms with Crippen LogP contribution in [-0.4, -0.2) is 58.1 Å². The predicted molar refractivity (Wildman–Crippen MR) is 134 cm³/mol. The first-order chi connectivity index (χ1) is 17.3. The van der Waals surface area contributed by atoms with Gasteiger partial charge in [-0.25, -0.2) is 14.8 Å². The van der Waals surface area contributed by atoms with E-state index < -0.39 is 35.8 Å². The molecule has 194 valence electrons. The van der Waals surface area contributed by atoms with E-state index in [-0.39, 0.29) is 19.4 Å². The number of hydroxylamine groups is 2. The predicted octanol–water partition coefficient (Wildman–Crippen LogP) is 1.83. The van der Waals surface area contributed by atoms with Gasteiger partial charge in [0.15, 0.2) is 0 Å². The number of nitrogens with two attached hydrogens (primary N) is 1. The highest BCUT2D eigenvalue weighted by atomic mass is 16.5. The molecular formula is C25H34N6O5. The average Bonchev–Trinajstić information content (AvgIpc) is 2.88. The van der Waals surface area contributed by atoms with Crippen LogP contribution in [0.4, 0.5) is 10.6 Å². The molecule has 0 fully saturated rings. The molecule has 0 aliphatic rings. The number of hydrogen-bond acceptors (Lipinski definition) is 6. The molecule has 2 aromatic rings. The van der Waals surface area contributed by atoms with Crippen LogP contribution in [0.3, 0.4) is 0 Å². The van der Waals surface area contributed by atoms with Crippen molar-refractivity contribution < 1.29 is 24.4 Å². The summed E-state index contributed by atoms with van der Waals surface area (Å²) in [6.07, 6.45) is 4.09. The van der Waals surface area contributed by atoms with Crippen LogP contribution in [0.25, 0.3) is 0 Å². The Balaban J connectivity index is 2.11. The van der Waals surface area contributed by atoms with Gasteiger partial charge in [0.1, 0.15) is 11.9 Å². The molecule has 1 aromatic carbocycles. The van der Waals surface area contributed by atoms with E-state index in [0.717, 1.165) is 5.56 Å². The normalized spacial score (nSPS) is 13.1. The summed E-state index contributed by atoms with van der Waals surface area (Å²) in [4.78, 5) is 52.5. The molecule has 1 aromatic heterocycles. The van der Waals surface area contributed by atoms with Gasteiger partial charge in [-0.1, -0.05) is 36.4 Å². The summed E-state index contributed by atoms with van der Waals surface area (Å²) in [5, 5.41) is 18.3. The van der Waals surface area contributed by atoms with E-state index >= 15 is 0 Å². The number of benzene rings is 1. The van der Waals surface area contributed by atoms with Crippen molar-refractivity contribution in [2.75, 3.05) is 11.9 Å². The molecule has 3 atom stereocenters. The van der Waals surface area contributed by atoms with Gasteiger partial charge in [0.25, 0.3) is 0 Å². The summed E-state index contributed by atoms with van der Waals surface area (Å²) in [5.74, 6) is -1.39. The molecule has 1 heterocycles. The first-order valence-electron chi connectivity index (χ1n) is 11.8. The van der Waals surface area contributed by atoms with Crippen molar-refractivity contribution in [1.82, 2.24) is 20.7 Å². The van der Waals surface area contributed by atoms with Crippen LogP contribution in [-0.2, 0) is 20.8 Å². The van der Waals surface area contributed by atoms with Crippen LogP contribution >= 0.6 is 0 Å². The van der Waals surface area contributed by atoms with Crippen molar-refractivity contribution in [2.45, 2.75) is 51.1 Å². The molecule has 0 saturated carbocycles. The number of aryl methyl sites for hydroxylation is 1. The minimum atomic E-state index is -0.943. The summed E-state index contributed by atoms with van der Waals surface area (Å²) >= 11 is 0. The van der Waals surface area contributed by atoms with E-state index in [1.807, 2.05) is 30.3 Å². The van der Waals surface area contributed by atoms with Gasteiger partial charge >= 0.3 is 6.03 Å². The Labute approximate surface area is 210 Å². The summed E-state index contributed by atoms with van der Waals surface area (Å²) in [5.41, 5.74) is 6.20. The monoisotopic (exact) mass is 498 g/mol. The molecule has 11 heteroatoms. The smallest absolute Gasteiger partial charge is 0.312 e. The zero-order valence-corrected chi connectivity index (χ0v) is 20.3. The molecule has 0 aliphatic heterocycles. The lowest BCUT2D eigenvalue weighted by Gasteiger charge is -2.29. The molecule has 0 unspecified atom stereocenters. The van der Waals surface area contributed by atoms with E-state index in [4.69, 9.17) is 5.73 Å². The van der Waals surface area contributed by atoms with Gasteiger partial charge in [0.2, 0.25) is 18.2 Å². The van der Waals surface area contributed by atoms with Crippen molar-refractivity contribution in [3.8, 4) is 0 Å². The second-order valence-corrected chi connectivity index (χ2v) is 8.41. The summed E-state index contributed by atoms with van der Waals surface area (Å²) < 4.78 is 0. The number of hydrogen-bond donors (Lipinski definition) is 5. The number of nitrogens with zero attached hydrogens (tertiary/aromatic N) is 2. The lowest BCUT2D eigenvalue weighted by atomic mass is 9.92. The third-order valence-electron chi connectivity index (χ3n) is 5.79. The highest BCUT2D eigenvalue weighted by Crippen LogP contribution is 2.19. The fourth-order valence-corrected chi connectivity index (χ4v) is 3.76. The maximum absolute atomic E-state index is 13.3. The van der Waals surface area contributed by atoms with E-state index in [2.05, 4.69) is 20.9 Å². The van der Waals surface area contributed by atoms with Crippen molar-refractivity contribution in [3.05, 3.63) is 60.3 Å². The first kappa shape index (κ1) is 28.2. The number of rotatable bonds is 15. The highest BCUT2D eigenvalue weighted by molar-refractivity contribution is 5.96. The number of anilines is 1. The zero-order valence-electron chi connectivity index (χ0n) is 20.3. The number of primary amides is 1. The van der Waals surface area contributed by atoms with Gasteiger partial charge in [-0.2, -0.15) is 0 Å². The van der Waals surface area contributed by atoms with Crippen LogP contribution in [0.5, 0.6) is 0 Å². The highest BCUT2D eigenvalue weighted by Gasteiger charge is 2.31. The number of amides is 5. The summed E-state index contributed by atoms with van der Waals surface area (Å²) in [6, 6.07) is 12.4. The summed E-state index contributed by atoms with van der Waals surface area (Å²) in [7, 11) is 0. The lowest BCUT2D eigenvalue weighted by molar-refractivity contribution is -0.166. The van der Waals surface area contributed by atoms with Crippen LogP contribution < -0.4 is 21.7 Å². The topological polar surface area (TPSA) is 167 Å².